The molecular formula is C32H36FN3O6S3. The third-order valence-electron chi connectivity index (χ3n) is 8.07. The second-order valence-electron chi connectivity index (χ2n) is 11.6. The zero-order chi connectivity index (χ0) is 32.7. The number of rotatable bonds is 9. The van der Waals surface area contributed by atoms with Crippen LogP contribution in [0.4, 0.5) is 10.1 Å². The second-order valence-corrected chi connectivity index (χ2v) is 17.2. The monoisotopic (exact) mass is 673 g/mol. The van der Waals surface area contributed by atoms with Crippen LogP contribution in [0.1, 0.15) is 38.2 Å². The molecule has 0 amide bonds. The number of hydrogen-bond acceptors (Lipinski definition) is 7. The van der Waals surface area contributed by atoms with Crippen LogP contribution in [0, 0.1) is 5.82 Å². The van der Waals surface area contributed by atoms with Crippen molar-refractivity contribution in [2.75, 3.05) is 32.1 Å². The topological polar surface area (TPSA) is 121 Å². The molecule has 13 heteroatoms. The van der Waals surface area contributed by atoms with Crippen LogP contribution in [0.3, 0.4) is 0 Å². The summed E-state index contributed by atoms with van der Waals surface area (Å²) in [4.78, 5) is 1.57. The van der Waals surface area contributed by atoms with Gasteiger partial charge in [-0.2, -0.15) is 4.31 Å². The maximum absolute atomic E-state index is 13.8. The van der Waals surface area contributed by atoms with Crippen molar-refractivity contribution in [3.05, 3.63) is 90.2 Å². The van der Waals surface area contributed by atoms with Crippen molar-refractivity contribution < 1.29 is 29.6 Å². The standard InChI is InChI=1S/C32H36FN3O6S3/c1-22(2)27-16-15-26(43(37,38)25-13-11-23(33)12-14-25)21-32(27)44(39,40)34-24-17-19-36(20-18-24)45(41,42)31-10-6-7-28-29(31)8-5-9-30(28)35(3)4/h5-16,21-22,24,34H,17-20H2,1-4H3. The normalized spacial score (nSPS) is 15.5. The molecule has 1 heterocycles. The first-order valence-electron chi connectivity index (χ1n) is 14.5. The van der Waals surface area contributed by atoms with E-state index in [0.29, 0.717) is 10.9 Å². The molecule has 45 heavy (non-hydrogen) atoms. The van der Waals surface area contributed by atoms with Crippen LogP contribution in [0.5, 0.6) is 0 Å². The van der Waals surface area contributed by atoms with Gasteiger partial charge in [0.1, 0.15) is 5.82 Å². The Morgan fingerprint density at radius 1 is 0.778 bits per heavy atom. The molecule has 1 saturated heterocycles. The van der Waals surface area contributed by atoms with Crippen LogP contribution < -0.4 is 9.62 Å². The predicted octanol–water partition coefficient (Wildman–Crippen LogP) is 5.13. The fourth-order valence-corrected chi connectivity index (χ4v) is 10.4. The third-order valence-corrected chi connectivity index (χ3v) is 13.4. The second kappa shape index (κ2) is 12.4. The minimum absolute atomic E-state index is 0.106. The van der Waals surface area contributed by atoms with Crippen molar-refractivity contribution in [3.63, 3.8) is 0 Å². The van der Waals surface area contributed by atoms with Crippen molar-refractivity contribution in [2.45, 2.75) is 58.2 Å². The van der Waals surface area contributed by atoms with E-state index in [1.165, 1.54) is 16.4 Å². The number of nitrogens with zero attached hydrogens (tertiary/aromatic N) is 2. The summed E-state index contributed by atoms with van der Waals surface area (Å²) in [5.41, 5.74) is 1.33. The van der Waals surface area contributed by atoms with E-state index in [0.717, 1.165) is 41.4 Å². The molecule has 1 N–H and O–H groups in total. The molecule has 0 atom stereocenters. The lowest BCUT2D eigenvalue weighted by Crippen LogP contribution is -2.46. The van der Waals surface area contributed by atoms with Gasteiger partial charge in [-0.1, -0.05) is 44.2 Å². The molecule has 1 aliphatic rings. The minimum Gasteiger partial charge on any atom is -0.377 e. The number of sulfonamides is 2. The number of nitrogens with one attached hydrogen (secondary N) is 1. The minimum atomic E-state index is -4.20. The zero-order valence-corrected chi connectivity index (χ0v) is 27.9. The molecule has 5 rings (SSSR count). The van der Waals surface area contributed by atoms with E-state index in [9.17, 15) is 29.6 Å². The van der Waals surface area contributed by atoms with Crippen LogP contribution in [0.2, 0.25) is 0 Å². The number of halogens is 1. The van der Waals surface area contributed by atoms with Gasteiger partial charge in [-0.15, -0.1) is 0 Å². The van der Waals surface area contributed by atoms with Crippen LogP contribution in [0.15, 0.2) is 98.4 Å². The summed E-state index contributed by atoms with van der Waals surface area (Å²) in [6.45, 7) is 3.83. The van der Waals surface area contributed by atoms with Gasteiger partial charge in [0.05, 0.1) is 19.6 Å². The molecule has 0 spiro atoms. The average Bonchev–Trinajstić information content (AvgIpc) is 3.00. The highest BCUT2D eigenvalue weighted by molar-refractivity contribution is 7.92. The van der Waals surface area contributed by atoms with E-state index in [2.05, 4.69) is 4.72 Å². The van der Waals surface area contributed by atoms with Crippen LogP contribution in [0.25, 0.3) is 10.8 Å². The SMILES string of the molecule is CC(C)c1ccc(S(=O)(=O)c2ccc(F)cc2)cc1S(=O)(=O)NC1CCN(S(=O)(=O)c2cccc3c(N(C)C)cccc23)CC1. The van der Waals surface area contributed by atoms with Gasteiger partial charge in [0.15, 0.2) is 0 Å². The molecule has 0 unspecified atom stereocenters. The maximum Gasteiger partial charge on any atom is 0.243 e. The van der Waals surface area contributed by atoms with E-state index in [4.69, 9.17) is 0 Å². The van der Waals surface area contributed by atoms with Gasteiger partial charge in [-0.25, -0.2) is 34.4 Å². The Kier molecular flexibility index (Phi) is 9.13. The van der Waals surface area contributed by atoms with Gasteiger partial charge in [-0.3, -0.25) is 0 Å². The molecule has 9 nitrogen and oxygen atoms in total. The summed E-state index contributed by atoms with van der Waals surface area (Å²) in [7, 11) is -8.40. The van der Waals surface area contributed by atoms with E-state index in [1.54, 1.807) is 32.0 Å². The first-order chi connectivity index (χ1) is 21.1. The smallest absolute Gasteiger partial charge is 0.243 e. The van der Waals surface area contributed by atoms with E-state index >= 15 is 0 Å². The fourth-order valence-electron chi connectivity index (χ4n) is 5.66. The first kappa shape index (κ1) is 33.0. The van der Waals surface area contributed by atoms with Crippen molar-refractivity contribution in [1.82, 2.24) is 9.03 Å². The Labute approximate surface area is 264 Å². The molecule has 0 bridgehead atoms. The van der Waals surface area contributed by atoms with Gasteiger partial charge < -0.3 is 4.90 Å². The molecule has 4 aromatic carbocycles. The fraction of sp³-hybridized carbons (Fsp3) is 0.312. The number of fused-ring (bicyclic) bond motifs is 1. The van der Waals surface area contributed by atoms with Gasteiger partial charge in [0.2, 0.25) is 29.9 Å². The lowest BCUT2D eigenvalue weighted by Gasteiger charge is -2.32. The molecule has 0 aliphatic carbocycles. The summed E-state index contributed by atoms with van der Waals surface area (Å²) >= 11 is 0. The van der Waals surface area contributed by atoms with Crippen molar-refractivity contribution >= 4 is 46.3 Å². The maximum atomic E-state index is 13.8. The molecule has 0 radical (unpaired) electrons. The molecule has 1 aliphatic heterocycles. The van der Waals surface area contributed by atoms with Crippen LogP contribution in [-0.2, 0) is 29.9 Å². The lowest BCUT2D eigenvalue weighted by atomic mass is 10.0. The molecule has 0 saturated carbocycles. The summed E-state index contributed by atoms with van der Waals surface area (Å²) in [6, 6.07) is 18.5. The first-order valence-corrected chi connectivity index (χ1v) is 18.9. The van der Waals surface area contributed by atoms with Crippen LogP contribution >= 0.6 is 0 Å². The lowest BCUT2D eigenvalue weighted by molar-refractivity contribution is 0.308. The Bertz CT molecular complexity index is 2060. The molecule has 240 valence electrons. The quantitative estimate of drug-likeness (QED) is 0.245. The molecule has 4 aromatic rings. The van der Waals surface area contributed by atoms with E-state index in [-0.39, 0.29) is 51.4 Å². The molecule has 0 aromatic heterocycles. The Hall–Kier alpha value is -3.36. The predicted molar refractivity (Wildman–Crippen MR) is 173 cm³/mol. The molecule has 1 fully saturated rings. The average molecular weight is 674 g/mol. The highest BCUT2D eigenvalue weighted by atomic mass is 32.2. The zero-order valence-electron chi connectivity index (χ0n) is 25.4. The Balaban J connectivity index is 1.38. The highest BCUT2D eigenvalue weighted by Crippen LogP contribution is 2.34. The van der Waals surface area contributed by atoms with E-state index in [1.807, 2.05) is 37.2 Å². The van der Waals surface area contributed by atoms with Gasteiger partial charge in [-0.05, 0) is 72.9 Å². The number of piperidine rings is 1. The Morgan fingerprint density at radius 3 is 2.00 bits per heavy atom. The summed E-state index contributed by atoms with van der Waals surface area (Å²) in [5.74, 6) is -0.828. The van der Waals surface area contributed by atoms with Gasteiger partial charge in [0.25, 0.3) is 0 Å². The highest BCUT2D eigenvalue weighted by Gasteiger charge is 2.34. The Morgan fingerprint density at radius 2 is 1.38 bits per heavy atom. The summed E-state index contributed by atoms with van der Waals surface area (Å²) in [6.07, 6.45) is 0.466. The van der Waals surface area contributed by atoms with Crippen LogP contribution in [-0.4, -0.2) is 62.8 Å². The largest absolute Gasteiger partial charge is 0.377 e. The number of hydrogen-bond donors (Lipinski definition) is 1. The molecular weight excluding hydrogens is 638 g/mol. The van der Waals surface area contributed by atoms with Gasteiger partial charge >= 0.3 is 0 Å². The van der Waals surface area contributed by atoms with E-state index < -0.39 is 41.7 Å². The summed E-state index contributed by atoms with van der Waals surface area (Å²) in [5, 5.41) is 1.43. The number of sulfone groups is 1. The number of anilines is 1. The summed E-state index contributed by atoms with van der Waals surface area (Å²) < 4.78 is 99.1. The van der Waals surface area contributed by atoms with Gasteiger partial charge in [0, 0.05) is 49.7 Å². The van der Waals surface area contributed by atoms with Crippen molar-refractivity contribution in [2.24, 2.45) is 0 Å². The third kappa shape index (κ3) is 6.50. The van der Waals surface area contributed by atoms with Crippen molar-refractivity contribution in [1.29, 1.82) is 0 Å². The van der Waals surface area contributed by atoms with Crippen molar-refractivity contribution in [3.8, 4) is 0 Å². The number of benzene rings is 4.